The molecule has 1 atom stereocenters. The summed E-state index contributed by atoms with van der Waals surface area (Å²) >= 11 is 0. The summed E-state index contributed by atoms with van der Waals surface area (Å²) in [5.41, 5.74) is -0.798. The van der Waals surface area contributed by atoms with Crippen molar-refractivity contribution in [3.05, 3.63) is 70.8 Å². The molecular formula is C18H14F3NO2. The predicted molar refractivity (Wildman–Crippen MR) is 83.0 cm³/mol. The fraction of sp³-hybridized carbons (Fsp3) is 0.222. The summed E-state index contributed by atoms with van der Waals surface area (Å²) in [6, 6.07) is 12.5. The maximum absolute atomic E-state index is 13.8. The largest absolute Gasteiger partial charge is 0.435 e. The van der Waals surface area contributed by atoms with E-state index < -0.39 is 18.2 Å². The highest BCUT2D eigenvalue weighted by Crippen LogP contribution is 2.49. The second-order valence-electron chi connectivity index (χ2n) is 5.69. The third-order valence-electron chi connectivity index (χ3n) is 4.15. The first-order valence-electron chi connectivity index (χ1n) is 7.31. The number of oxime groups is 1. The number of alkyl halides is 3. The Kier molecular flexibility index (Phi) is 3.91. The van der Waals surface area contributed by atoms with Gasteiger partial charge in [-0.2, -0.15) is 13.2 Å². The van der Waals surface area contributed by atoms with Gasteiger partial charge >= 0.3 is 6.18 Å². The van der Waals surface area contributed by atoms with Crippen LogP contribution in [0.25, 0.3) is 0 Å². The van der Waals surface area contributed by atoms with Gasteiger partial charge in [0.25, 0.3) is 5.60 Å². The molecule has 2 aromatic carbocycles. The van der Waals surface area contributed by atoms with E-state index in [4.69, 9.17) is 4.84 Å². The fourth-order valence-electron chi connectivity index (χ4n) is 2.82. The summed E-state index contributed by atoms with van der Waals surface area (Å²) in [5, 5.41) is 3.71. The number of carbonyl (C=O) groups excluding carboxylic acids is 1. The highest BCUT2D eigenvalue weighted by molar-refractivity contribution is 6.02. The molecule has 0 aromatic heterocycles. The van der Waals surface area contributed by atoms with E-state index in [1.54, 1.807) is 37.3 Å². The molecule has 3 rings (SSSR count). The van der Waals surface area contributed by atoms with Crippen LogP contribution in [0.15, 0.2) is 53.7 Å². The second-order valence-corrected chi connectivity index (χ2v) is 5.69. The number of benzene rings is 2. The minimum Gasteiger partial charge on any atom is -0.374 e. The Labute approximate surface area is 136 Å². The van der Waals surface area contributed by atoms with E-state index in [0.717, 1.165) is 0 Å². The molecule has 1 aliphatic heterocycles. The number of halogens is 3. The topological polar surface area (TPSA) is 38.7 Å². The first-order valence-corrected chi connectivity index (χ1v) is 7.31. The van der Waals surface area contributed by atoms with Crippen LogP contribution in [0.3, 0.4) is 0 Å². The molecular weight excluding hydrogens is 319 g/mol. The van der Waals surface area contributed by atoms with Gasteiger partial charge in [-0.1, -0.05) is 53.7 Å². The van der Waals surface area contributed by atoms with Gasteiger partial charge in [0.15, 0.2) is 0 Å². The zero-order valence-corrected chi connectivity index (χ0v) is 12.8. The van der Waals surface area contributed by atoms with E-state index in [2.05, 4.69) is 5.16 Å². The Morgan fingerprint density at radius 2 is 1.79 bits per heavy atom. The first-order chi connectivity index (χ1) is 11.4. The van der Waals surface area contributed by atoms with Crippen LogP contribution in [0.4, 0.5) is 13.2 Å². The predicted octanol–water partition coefficient (Wildman–Crippen LogP) is 4.39. The van der Waals surface area contributed by atoms with Crippen molar-refractivity contribution in [2.75, 3.05) is 0 Å². The van der Waals surface area contributed by atoms with Crippen LogP contribution in [0.5, 0.6) is 0 Å². The lowest BCUT2D eigenvalue weighted by Crippen LogP contribution is -2.43. The molecule has 0 spiro atoms. The zero-order chi connectivity index (χ0) is 17.4. The van der Waals surface area contributed by atoms with E-state index in [-0.39, 0.29) is 11.3 Å². The van der Waals surface area contributed by atoms with E-state index in [1.165, 1.54) is 18.2 Å². The Bertz CT molecular complexity index is 797. The van der Waals surface area contributed by atoms with E-state index in [1.807, 2.05) is 0 Å². The van der Waals surface area contributed by atoms with E-state index in [0.29, 0.717) is 23.0 Å². The molecule has 1 unspecified atom stereocenters. The zero-order valence-electron chi connectivity index (χ0n) is 12.8. The Morgan fingerprint density at radius 3 is 2.38 bits per heavy atom. The van der Waals surface area contributed by atoms with Crippen molar-refractivity contribution in [2.24, 2.45) is 5.16 Å². The number of carbonyl (C=O) groups is 1. The molecule has 0 bridgehead atoms. The summed E-state index contributed by atoms with van der Waals surface area (Å²) < 4.78 is 41.5. The Balaban J connectivity index is 2.00. The average molecular weight is 333 g/mol. The van der Waals surface area contributed by atoms with E-state index >= 15 is 0 Å². The van der Waals surface area contributed by atoms with Gasteiger partial charge in [-0.25, -0.2) is 0 Å². The fourth-order valence-corrected chi connectivity index (χ4v) is 2.82. The standard InChI is InChI=1S/C18H14F3NO2/c1-12-4-2-3-5-15(12)17(18(19,20)21)10-16(22-24-17)14-8-6-13(11-23)7-9-14/h2-9,11H,10H2,1H3. The normalized spacial score (nSPS) is 20.4. The maximum atomic E-state index is 13.8. The van der Waals surface area contributed by atoms with Crippen molar-refractivity contribution in [3.63, 3.8) is 0 Å². The highest BCUT2D eigenvalue weighted by Gasteiger charge is 2.62. The van der Waals surface area contributed by atoms with Crippen LogP contribution in [-0.4, -0.2) is 18.2 Å². The molecule has 0 N–H and O–H groups in total. The lowest BCUT2D eigenvalue weighted by atomic mass is 9.84. The molecule has 0 radical (unpaired) electrons. The lowest BCUT2D eigenvalue weighted by molar-refractivity contribution is -0.276. The van der Waals surface area contributed by atoms with Gasteiger partial charge in [-0.3, -0.25) is 4.79 Å². The SMILES string of the molecule is Cc1ccccc1C1(C(F)(F)F)CC(c2ccc(C=O)cc2)=NO1. The van der Waals surface area contributed by atoms with Crippen LogP contribution >= 0.6 is 0 Å². The number of aldehydes is 1. The van der Waals surface area contributed by atoms with Gasteiger partial charge in [-0.05, 0) is 18.1 Å². The number of nitrogens with zero attached hydrogens (tertiary/aromatic N) is 1. The van der Waals surface area contributed by atoms with Crippen LogP contribution in [0.2, 0.25) is 0 Å². The third-order valence-corrected chi connectivity index (χ3v) is 4.15. The lowest BCUT2D eigenvalue weighted by Gasteiger charge is -2.30. The van der Waals surface area contributed by atoms with Gasteiger partial charge in [0, 0.05) is 17.5 Å². The van der Waals surface area contributed by atoms with Crippen molar-refractivity contribution in [3.8, 4) is 0 Å². The van der Waals surface area contributed by atoms with Crippen LogP contribution in [0, 0.1) is 6.92 Å². The molecule has 0 saturated heterocycles. The third kappa shape index (κ3) is 2.58. The van der Waals surface area contributed by atoms with Gasteiger partial charge in [0.1, 0.15) is 6.29 Å². The van der Waals surface area contributed by atoms with Crippen LogP contribution in [-0.2, 0) is 10.4 Å². The number of aryl methyl sites for hydroxylation is 1. The van der Waals surface area contributed by atoms with Gasteiger partial charge < -0.3 is 4.84 Å². The summed E-state index contributed by atoms with van der Waals surface area (Å²) in [6.45, 7) is 1.61. The van der Waals surface area contributed by atoms with Crippen molar-refractivity contribution in [1.82, 2.24) is 0 Å². The quantitative estimate of drug-likeness (QED) is 0.782. The number of hydrogen-bond acceptors (Lipinski definition) is 3. The minimum atomic E-state index is -4.62. The molecule has 124 valence electrons. The van der Waals surface area contributed by atoms with Gasteiger partial charge in [0.2, 0.25) is 0 Å². The van der Waals surface area contributed by atoms with Crippen molar-refractivity contribution in [2.45, 2.75) is 25.1 Å². The number of hydrogen-bond donors (Lipinski definition) is 0. The minimum absolute atomic E-state index is 0.0563. The van der Waals surface area contributed by atoms with Gasteiger partial charge in [0.05, 0.1) is 5.71 Å². The second kappa shape index (κ2) is 5.78. The smallest absolute Gasteiger partial charge is 0.374 e. The first kappa shape index (κ1) is 16.2. The molecule has 24 heavy (non-hydrogen) atoms. The molecule has 0 aliphatic carbocycles. The van der Waals surface area contributed by atoms with Crippen molar-refractivity contribution in [1.29, 1.82) is 0 Å². The molecule has 0 amide bonds. The molecule has 2 aromatic rings. The van der Waals surface area contributed by atoms with Crippen LogP contribution < -0.4 is 0 Å². The maximum Gasteiger partial charge on any atom is 0.435 e. The van der Waals surface area contributed by atoms with Crippen LogP contribution in [0.1, 0.15) is 33.5 Å². The van der Waals surface area contributed by atoms with Crippen molar-refractivity contribution < 1.29 is 22.8 Å². The monoisotopic (exact) mass is 333 g/mol. The summed E-state index contributed by atoms with van der Waals surface area (Å²) in [6.07, 6.45) is -4.36. The Morgan fingerprint density at radius 1 is 1.12 bits per heavy atom. The molecule has 3 nitrogen and oxygen atoms in total. The molecule has 1 aliphatic rings. The molecule has 0 fully saturated rings. The number of rotatable bonds is 3. The summed E-state index contributed by atoms with van der Waals surface area (Å²) in [5.74, 6) is 0. The van der Waals surface area contributed by atoms with Crippen molar-refractivity contribution >= 4 is 12.0 Å². The summed E-state index contributed by atoms with van der Waals surface area (Å²) in [7, 11) is 0. The molecule has 0 saturated carbocycles. The van der Waals surface area contributed by atoms with Gasteiger partial charge in [-0.15, -0.1) is 0 Å². The average Bonchev–Trinajstić information content (AvgIpc) is 3.02. The highest BCUT2D eigenvalue weighted by atomic mass is 19.4. The Hall–Kier alpha value is -2.63. The van der Waals surface area contributed by atoms with E-state index in [9.17, 15) is 18.0 Å². The molecule has 1 heterocycles. The summed E-state index contributed by atoms with van der Waals surface area (Å²) in [4.78, 5) is 15.7. The molecule has 6 heteroatoms.